The number of phenolic OH excluding ortho intramolecular Hbond substituents is 1. The lowest BCUT2D eigenvalue weighted by molar-refractivity contribution is -0.138. The highest BCUT2D eigenvalue weighted by molar-refractivity contribution is 5.77. The molecule has 1 atom stereocenters. The maximum atomic E-state index is 11.2. The van der Waals surface area contributed by atoms with Crippen LogP contribution >= 0.6 is 0 Å². The fourth-order valence-corrected chi connectivity index (χ4v) is 1.66. The first-order valence-electron chi connectivity index (χ1n) is 5.82. The van der Waals surface area contributed by atoms with Gasteiger partial charge in [0.15, 0.2) is 0 Å². The topological polar surface area (TPSA) is 57.5 Å². The second-order valence-corrected chi connectivity index (χ2v) is 3.95. The van der Waals surface area contributed by atoms with Crippen LogP contribution in [0.25, 0.3) is 0 Å². The molecule has 0 aliphatic rings. The lowest BCUT2D eigenvalue weighted by atomic mass is 9.94. The molecule has 17 heavy (non-hydrogen) atoms. The molecule has 0 fully saturated rings. The Labute approximate surface area is 101 Å². The van der Waals surface area contributed by atoms with Crippen molar-refractivity contribution < 1.29 is 15.0 Å². The maximum Gasteiger partial charge on any atom is 0.311 e. The molecule has 1 aromatic rings. The van der Waals surface area contributed by atoms with E-state index >= 15 is 0 Å². The Balaban J connectivity index is 2.80. The van der Waals surface area contributed by atoms with Gasteiger partial charge in [0.2, 0.25) is 0 Å². The van der Waals surface area contributed by atoms with Crippen molar-refractivity contribution in [2.45, 2.75) is 32.1 Å². The third kappa shape index (κ3) is 3.94. The van der Waals surface area contributed by atoms with Crippen molar-refractivity contribution in [3.05, 3.63) is 42.0 Å². The van der Waals surface area contributed by atoms with Gasteiger partial charge in [0.25, 0.3) is 0 Å². The molecular weight excluding hydrogens is 216 g/mol. The molecule has 0 saturated heterocycles. The average Bonchev–Trinajstić information content (AvgIpc) is 2.30. The minimum Gasteiger partial charge on any atom is -0.508 e. The van der Waals surface area contributed by atoms with Crippen LogP contribution in [0, 0.1) is 0 Å². The normalized spacial score (nSPS) is 12.8. The van der Waals surface area contributed by atoms with Gasteiger partial charge in [0, 0.05) is 5.56 Å². The van der Waals surface area contributed by atoms with Gasteiger partial charge in [0.1, 0.15) is 5.75 Å². The summed E-state index contributed by atoms with van der Waals surface area (Å²) in [7, 11) is 0. The van der Waals surface area contributed by atoms with Gasteiger partial charge in [-0.3, -0.25) is 4.79 Å². The summed E-state index contributed by atoms with van der Waals surface area (Å²) in [4.78, 5) is 11.2. The Bertz CT molecular complexity index is 396. The van der Waals surface area contributed by atoms with Gasteiger partial charge < -0.3 is 10.2 Å². The van der Waals surface area contributed by atoms with Crippen LogP contribution in [0.4, 0.5) is 0 Å². The van der Waals surface area contributed by atoms with E-state index in [9.17, 15) is 9.90 Å². The smallest absolute Gasteiger partial charge is 0.311 e. The quantitative estimate of drug-likeness (QED) is 0.742. The molecule has 3 nitrogen and oxygen atoms in total. The first kappa shape index (κ1) is 13.3. The molecule has 0 aliphatic carbocycles. The Hall–Kier alpha value is -1.77. The first-order chi connectivity index (χ1) is 8.16. The minimum atomic E-state index is -0.910. The number of aromatic hydroxyl groups is 1. The van der Waals surface area contributed by atoms with Crippen molar-refractivity contribution in [1.82, 2.24) is 0 Å². The zero-order valence-electron chi connectivity index (χ0n) is 9.97. The number of hydrogen-bond donors (Lipinski definition) is 2. The number of carbonyl (C=O) groups is 1. The molecule has 1 unspecified atom stereocenters. The lowest BCUT2D eigenvalue weighted by Crippen LogP contribution is -2.10. The van der Waals surface area contributed by atoms with Crippen LogP contribution < -0.4 is 0 Å². The number of benzene rings is 1. The zero-order valence-corrected chi connectivity index (χ0v) is 9.97. The SMILES string of the molecule is CCCC=CCC(C(=O)O)c1ccccc1O. The summed E-state index contributed by atoms with van der Waals surface area (Å²) in [6, 6.07) is 6.59. The highest BCUT2D eigenvalue weighted by Gasteiger charge is 2.20. The van der Waals surface area contributed by atoms with Gasteiger partial charge in [-0.15, -0.1) is 0 Å². The number of hydrogen-bond acceptors (Lipinski definition) is 2. The molecule has 92 valence electrons. The Morgan fingerprint density at radius 2 is 2.06 bits per heavy atom. The first-order valence-corrected chi connectivity index (χ1v) is 5.82. The number of phenols is 1. The second kappa shape index (κ2) is 6.74. The summed E-state index contributed by atoms with van der Waals surface area (Å²) in [6.45, 7) is 2.07. The number of carboxylic acid groups (broad SMARTS) is 1. The number of allylic oxidation sites excluding steroid dienone is 2. The predicted octanol–water partition coefficient (Wildman–Crippen LogP) is 3.31. The van der Waals surface area contributed by atoms with Crippen molar-refractivity contribution >= 4 is 5.97 Å². The fourth-order valence-electron chi connectivity index (χ4n) is 1.66. The number of carboxylic acids is 1. The number of unbranched alkanes of at least 4 members (excludes halogenated alkanes) is 1. The second-order valence-electron chi connectivity index (χ2n) is 3.95. The molecule has 0 amide bonds. The van der Waals surface area contributed by atoms with Crippen molar-refractivity contribution in [3.63, 3.8) is 0 Å². The predicted molar refractivity (Wildman–Crippen MR) is 67.1 cm³/mol. The molecule has 0 spiro atoms. The number of para-hydroxylation sites is 1. The van der Waals surface area contributed by atoms with E-state index in [-0.39, 0.29) is 5.75 Å². The zero-order chi connectivity index (χ0) is 12.7. The van der Waals surface area contributed by atoms with E-state index in [1.54, 1.807) is 18.2 Å². The molecule has 2 N–H and O–H groups in total. The highest BCUT2D eigenvalue weighted by Crippen LogP contribution is 2.28. The van der Waals surface area contributed by atoms with E-state index in [4.69, 9.17) is 5.11 Å². The molecule has 0 aromatic heterocycles. The van der Waals surface area contributed by atoms with E-state index in [0.29, 0.717) is 12.0 Å². The lowest BCUT2D eigenvalue weighted by Gasteiger charge is -2.11. The molecule has 0 bridgehead atoms. The largest absolute Gasteiger partial charge is 0.508 e. The van der Waals surface area contributed by atoms with Gasteiger partial charge in [-0.1, -0.05) is 43.7 Å². The van der Waals surface area contributed by atoms with E-state index in [0.717, 1.165) is 12.8 Å². The van der Waals surface area contributed by atoms with Gasteiger partial charge >= 0.3 is 5.97 Å². The average molecular weight is 234 g/mol. The van der Waals surface area contributed by atoms with Crippen LogP contribution in [0.3, 0.4) is 0 Å². The minimum absolute atomic E-state index is 0.0452. The Morgan fingerprint density at radius 1 is 1.35 bits per heavy atom. The molecule has 0 saturated carbocycles. The number of aliphatic carboxylic acids is 1. The summed E-state index contributed by atoms with van der Waals surface area (Å²) in [5.74, 6) is -1.54. The molecule has 0 radical (unpaired) electrons. The molecule has 0 aliphatic heterocycles. The molecule has 1 aromatic carbocycles. The van der Waals surface area contributed by atoms with Crippen LogP contribution in [0.2, 0.25) is 0 Å². The van der Waals surface area contributed by atoms with E-state index < -0.39 is 11.9 Å². The Morgan fingerprint density at radius 3 is 2.65 bits per heavy atom. The van der Waals surface area contributed by atoms with Crippen LogP contribution in [-0.2, 0) is 4.79 Å². The fraction of sp³-hybridized carbons (Fsp3) is 0.357. The third-order valence-corrected chi connectivity index (χ3v) is 2.60. The van der Waals surface area contributed by atoms with Gasteiger partial charge in [0.05, 0.1) is 5.92 Å². The third-order valence-electron chi connectivity index (χ3n) is 2.60. The van der Waals surface area contributed by atoms with Crippen LogP contribution in [0.5, 0.6) is 5.75 Å². The van der Waals surface area contributed by atoms with Gasteiger partial charge in [-0.05, 0) is 18.9 Å². The van der Waals surface area contributed by atoms with Crippen molar-refractivity contribution in [1.29, 1.82) is 0 Å². The van der Waals surface area contributed by atoms with Crippen LogP contribution in [0.1, 0.15) is 37.7 Å². The van der Waals surface area contributed by atoms with Crippen molar-refractivity contribution in [2.75, 3.05) is 0 Å². The van der Waals surface area contributed by atoms with Crippen molar-refractivity contribution in [2.24, 2.45) is 0 Å². The van der Waals surface area contributed by atoms with E-state index in [2.05, 4.69) is 6.92 Å². The summed E-state index contributed by atoms with van der Waals surface area (Å²) in [5, 5.41) is 18.8. The van der Waals surface area contributed by atoms with Crippen molar-refractivity contribution in [3.8, 4) is 5.75 Å². The molecule has 0 heterocycles. The summed E-state index contributed by atoms with van der Waals surface area (Å²) >= 11 is 0. The molecule has 1 rings (SSSR count). The molecular formula is C14H18O3. The monoisotopic (exact) mass is 234 g/mol. The highest BCUT2D eigenvalue weighted by atomic mass is 16.4. The summed E-state index contributed by atoms with van der Waals surface area (Å²) in [6.07, 6.45) is 6.26. The maximum absolute atomic E-state index is 11.2. The van der Waals surface area contributed by atoms with Gasteiger partial charge in [-0.2, -0.15) is 0 Å². The standard InChI is InChI=1S/C14H18O3/c1-2-3-4-5-9-12(14(16)17)11-8-6-7-10-13(11)15/h4-8,10,12,15H,2-3,9H2,1H3,(H,16,17). The van der Waals surface area contributed by atoms with Crippen LogP contribution in [-0.4, -0.2) is 16.2 Å². The Kier molecular flexibility index (Phi) is 5.27. The van der Waals surface area contributed by atoms with E-state index in [1.165, 1.54) is 6.07 Å². The van der Waals surface area contributed by atoms with Crippen LogP contribution in [0.15, 0.2) is 36.4 Å². The summed E-state index contributed by atoms with van der Waals surface area (Å²) in [5.41, 5.74) is 0.473. The molecule has 3 heteroatoms. The van der Waals surface area contributed by atoms with E-state index in [1.807, 2.05) is 12.2 Å². The number of rotatable bonds is 6. The van der Waals surface area contributed by atoms with Gasteiger partial charge in [-0.25, -0.2) is 0 Å². The summed E-state index contributed by atoms with van der Waals surface area (Å²) < 4.78 is 0.